The summed E-state index contributed by atoms with van der Waals surface area (Å²) in [6.45, 7) is 4.08. The van der Waals surface area contributed by atoms with Crippen molar-refractivity contribution in [3.63, 3.8) is 0 Å². The summed E-state index contributed by atoms with van der Waals surface area (Å²) in [5.41, 5.74) is 9.06. The molecule has 0 atom stereocenters. The molecule has 1 aromatic heterocycles. The van der Waals surface area contributed by atoms with Crippen molar-refractivity contribution in [2.75, 3.05) is 18.5 Å². The number of nitrogens with one attached hydrogen (secondary N) is 1. The molecule has 1 amide bonds. The molecule has 6 heteroatoms. The standard InChI is InChI=1S/C14H20N4OS/c1-8-6-11(13(14(15)20)9(2)16-8)18(3)7-12(19)17-10-4-5-10/h6,10H,4-5,7H2,1-3H3,(H2,15,20)(H,17,19). The lowest BCUT2D eigenvalue weighted by atomic mass is 10.1. The SMILES string of the molecule is Cc1cc(N(C)CC(=O)NC2CC2)c(C(N)=S)c(C)n1. The van der Waals surface area contributed by atoms with Gasteiger partial charge >= 0.3 is 0 Å². The number of aryl methyl sites for hydroxylation is 2. The third-order valence-corrected chi connectivity index (χ3v) is 3.49. The highest BCUT2D eigenvalue weighted by Crippen LogP contribution is 2.23. The molecule has 0 radical (unpaired) electrons. The molecule has 0 bridgehead atoms. The second-order valence-electron chi connectivity index (χ2n) is 5.31. The van der Waals surface area contributed by atoms with Crippen LogP contribution in [-0.4, -0.2) is 35.5 Å². The van der Waals surface area contributed by atoms with Gasteiger partial charge < -0.3 is 16.0 Å². The van der Waals surface area contributed by atoms with Crippen molar-refractivity contribution in [3.8, 4) is 0 Å². The van der Waals surface area contributed by atoms with Crippen LogP contribution in [0.3, 0.4) is 0 Å². The van der Waals surface area contributed by atoms with Gasteiger partial charge in [0.25, 0.3) is 0 Å². The largest absolute Gasteiger partial charge is 0.389 e. The quantitative estimate of drug-likeness (QED) is 0.794. The minimum Gasteiger partial charge on any atom is -0.389 e. The Hall–Kier alpha value is -1.69. The molecule has 0 aromatic carbocycles. The highest BCUT2D eigenvalue weighted by atomic mass is 32.1. The van der Waals surface area contributed by atoms with E-state index in [-0.39, 0.29) is 12.5 Å². The predicted molar refractivity (Wildman–Crippen MR) is 84.0 cm³/mol. The molecule has 1 aliphatic rings. The Morgan fingerprint density at radius 1 is 1.55 bits per heavy atom. The van der Waals surface area contributed by atoms with Gasteiger partial charge in [0.2, 0.25) is 5.91 Å². The molecule has 3 N–H and O–H groups in total. The number of rotatable bonds is 5. The normalized spacial score (nSPS) is 13.9. The van der Waals surface area contributed by atoms with Crippen LogP contribution in [0.25, 0.3) is 0 Å². The van der Waals surface area contributed by atoms with Gasteiger partial charge in [0, 0.05) is 24.5 Å². The van der Waals surface area contributed by atoms with E-state index in [0.29, 0.717) is 11.0 Å². The Labute approximate surface area is 124 Å². The molecule has 5 nitrogen and oxygen atoms in total. The summed E-state index contributed by atoms with van der Waals surface area (Å²) in [5.74, 6) is 0.0241. The zero-order chi connectivity index (χ0) is 14.9. The molecule has 108 valence electrons. The smallest absolute Gasteiger partial charge is 0.239 e. The van der Waals surface area contributed by atoms with Gasteiger partial charge in [-0.2, -0.15) is 0 Å². The fourth-order valence-corrected chi connectivity index (χ4v) is 2.47. The van der Waals surface area contributed by atoms with Crippen LogP contribution in [0, 0.1) is 13.8 Å². The first kappa shape index (κ1) is 14.7. The van der Waals surface area contributed by atoms with E-state index in [1.54, 1.807) is 0 Å². The molecule has 0 spiro atoms. The number of nitrogens with zero attached hydrogens (tertiary/aromatic N) is 2. The zero-order valence-corrected chi connectivity index (χ0v) is 12.9. The monoisotopic (exact) mass is 292 g/mol. The van der Waals surface area contributed by atoms with Crippen LogP contribution in [0.2, 0.25) is 0 Å². The van der Waals surface area contributed by atoms with Gasteiger partial charge in [0.1, 0.15) is 4.99 Å². The molecule has 2 rings (SSSR count). The first-order chi connectivity index (χ1) is 9.38. The predicted octanol–water partition coefficient (Wildman–Crippen LogP) is 1.05. The van der Waals surface area contributed by atoms with Crippen molar-refractivity contribution < 1.29 is 4.79 Å². The second-order valence-corrected chi connectivity index (χ2v) is 5.75. The van der Waals surface area contributed by atoms with Crippen molar-refractivity contribution in [1.82, 2.24) is 10.3 Å². The average molecular weight is 292 g/mol. The third-order valence-electron chi connectivity index (χ3n) is 3.29. The lowest BCUT2D eigenvalue weighted by Gasteiger charge is -2.23. The van der Waals surface area contributed by atoms with Gasteiger partial charge in [0.05, 0.1) is 17.8 Å². The van der Waals surface area contributed by atoms with Crippen LogP contribution >= 0.6 is 12.2 Å². The van der Waals surface area contributed by atoms with Gasteiger partial charge in [-0.05, 0) is 32.8 Å². The minimum atomic E-state index is 0.0241. The average Bonchev–Trinajstić information content (AvgIpc) is 3.10. The molecule has 20 heavy (non-hydrogen) atoms. The van der Waals surface area contributed by atoms with E-state index in [0.717, 1.165) is 35.5 Å². The summed E-state index contributed by atoms with van der Waals surface area (Å²) >= 11 is 5.10. The Morgan fingerprint density at radius 2 is 2.20 bits per heavy atom. The number of amides is 1. The molecule has 0 unspecified atom stereocenters. The van der Waals surface area contributed by atoms with Crippen molar-refractivity contribution in [1.29, 1.82) is 0 Å². The second kappa shape index (κ2) is 5.75. The highest BCUT2D eigenvalue weighted by Gasteiger charge is 2.24. The molecule has 1 heterocycles. The van der Waals surface area contributed by atoms with E-state index in [1.807, 2.05) is 31.9 Å². The highest BCUT2D eigenvalue weighted by molar-refractivity contribution is 7.80. The van der Waals surface area contributed by atoms with Gasteiger partial charge in [-0.15, -0.1) is 0 Å². The number of carbonyl (C=O) groups is 1. The summed E-state index contributed by atoms with van der Waals surface area (Å²) in [5, 5.41) is 2.97. The maximum atomic E-state index is 11.9. The summed E-state index contributed by atoms with van der Waals surface area (Å²) in [6.07, 6.45) is 2.17. The Bertz CT molecular complexity index is 554. The van der Waals surface area contributed by atoms with Crippen LogP contribution in [0.5, 0.6) is 0 Å². The van der Waals surface area contributed by atoms with E-state index in [1.165, 1.54) is 0 Å². The lowest BCUT2D eigenvalue weighted by molar-refractivity contribution is -0.119. The number of hydrogen-bond acceptors (Lipinski definition) is 4. The van der Waals surface area contributed by atoms with E-state index in [9.17, 15) is 4.79 Å². The molecule has 1 aromatic rings. The summed E-state index contributed by atoms with van der Waals surface area (Å²) in [4.78, 5) is 18.5. The first-order valence-electron chi connectivity index (χ1n) is 6.67. The Morgan fingerprint density at radius 3 is 2.75 bits per heavy atom. The molecule has 1 aliphatic carbocycles. The minimum absolute atomic E-state index is 0.0241. The molecule has 0 aliphatic heterocycles. The van der Waals surface area contributed by atoms with Crippen molar-refractivity contribution in [3.05, 3.63) is 23.0 Å². The summed E-state index contributed by atoms with van der Waals surface area (Å²) < 4.78 is 0. The van der Waals surface area contributed by atoms with E-state index in [4.69, 9.17) is 18.0 Å². The maximum Gasteiger partial charge on any atom is 0.239 e. The van der Waals surface area contributed by atoms with Gasteiger partial charge in [-0.25, -0.2) is 0 Å². The van der Waals surface area contributed by atoms with Crippen LogP contribution < -0.4 is 16.0 Å². The molecule has 0 saturated heterocycles. The van der Waals surface area contributed by atoms with Crippen molar-refractivity contribution in [2.45, 2.75) is 32.7 Å². The number of carbonyl (C=O) groups excluding carboxylic acids is 1. The number of hydrogen-bond donors (Lipinski definition) is 2. The van der Waals surface area contributed by atoms with Crippen molar-refractivity contribution in [2.24, 2.45) is 5.73 Å². The number of anilines is 1. The Balaban J connectivity index is 2.20. The molecule has 1 fully saturated rings. The maximum absolute atomic E-state index is 11.9. The van der Waals surface area contributed by atoms with Crippen LogP contribution in [0.4, 0.5) is 5.69 Å². The Kier molecular flexibility index (Phi) is 4.23. The molecular formula is C14H20N4OS. The summed E-state index contributed by atoms with van der Waals surface area (Å²) in [6, 6.07) is 2.28. The van der Waals surface area contributed by atoms with Crippen LogP contribution in [-0.2, 0) is 4.79 Å². The number of pyridine rings is 1. The number of thiocarbonyl (C=S) groups is 1. The fourth-order valence-electron chi connectivity index (χ4n) is 2.22. The number of likely N-dealkylation sites (N-methyl/N-ethyl adjacent to an activating group) is 1. The van der Waals surface area contributed by atoms with Crippen LogP contribution in [0.1, 0.15) is 29.8 Å². The topological polar surface area (TPSA) is 71.2 Å². The number of nitrogens with two attached hydrogens (primary N) is 1. The van der Waals surface area contributed by atoms with Crippen molar-refractivity contribution >= 4 is 28.8 Å². The number of aromatic nitrogens is 1. The fraction of sp³-hybridized carbons (Fsp3) is 0.500. The zero-order valence-electron chi connectivity index (χ0n) is 12.1. The summed E-state index contributed by atoms with van der Waals surface area (Å²) in [7, 11) is 1.86. The van der Waals surface area contributed by atoms with Gasteiger partial charge in [-0.1, -0.05) is 12.2 Å². The van der Waals surface area contributed by atoms with E-state index >= 15 is 0 Å². The van der Waals surface area contributed by atoms with E-state index < -0.39 is 0 Å². The molecule has 1 saturated carbocycles. The van der Waals surface area contributed by atoms with E-state index in [2.05, 4.69) is 10.3 Å². The van der Waals surface area contributed by atoms with Gasteiger partial charge in [-0.3, -0.25) is 9.78 Å². The third kappa shape index (κ3) is 3.45. The molecular weight excluding hydrogens is 272 g/mol. The van der Waals surface area contributed by atoms with Crippen LogP contribution in [0.15, 0.2) is 6.07 Å². The lowest BCUT2D eigenvalue weighted by Crippen LogP contribution is -2.37. The first-order valence-corrected chi connectivity index (χ1v) is 7.08. The van der Waals surface area contributed by atoms with Gasteiger partial charge in [0.15, 0.2) is 0 Å².